The van der Waals surface area contributed by atoms with Crippen LogP contribution >= 0.6 is 11.8 Å². The zero-order chi connectivity index (χ0) is 15.3. The maximum atomic E-state index is 11.6. The fourth-order valence-electron chi connectivity index (χ4n) is 2.59. The first-order valence-corrected chi connectivity index (χ1v) is 10.1. The normalized spacial score (nSPS) is 20.6. The summed E-state index contributed by atoms with van der Waals surface area (Å²) < 4.78 is 24.9. The van der Waals surface area contributed by atoms with Crippen LogP contribution in [0.5, 0.6) is 0 Å². The molecule has 1 heterocycles. The zero-order valence-electron chi connectivity index (χ0n) is 12.7. The first-order chi connectivity index (χ1) is 9.99. The molecule has 1 atom stereocenters. The predicted molar refractivity (Wildman–Crippen MR) is 89.1 cm³/mol. The largest absolute Gasteiger partial charge is 0.316 e. The molecular weight excluding hydrogens is 304 g/mol. The first-order valence-electron chi connectivity index (χ1n) is 7.30. The molecule has 4 nitrogen and oxygen atoms in total. The second-order valence-corrected chi connectivity index (χ2v) is 8.69. The van der Waals surface area contributed by atoms with Gasteiger partial charge in [-0.05, 0) is 43.5 Å². The second-order valence-electron chi connectivity index (χ2n) is 5.61. The number of rotatable bonds is 6. The van der Waals surface area contributed by atoms with E-state index in [-0.39, 0.29) is 0 Å². The van der Waals surface area contributed by atoms with Gasteiger partial charge < -0.3 is 5.32 Å². The van der Waals surface area contributed by atoms with Crippen molar-refractivity contribution < 1.29 is 8.42 Å². The topological polar surface area (TPSA) is 49.4 Å². The summed E-state index contributed by atoms with van der Waals surface area (Å²) in [6.45, 7) is 2.24. The molecule has 1 unspecified atom stereocenters. The van der Waals surface area contributed by atoms with E-state index in [1.54, 1.807) is 4.31 Å². The van der Waals surface area contributed by atoms with Crippen LogP contribution in [-0.4, -0.2) is 44.9 Å². The maximum absolute atomic E-state index is 11.6. The minimum absolute atomic E-state index is 0.454. The van der Waals surface area contributed by atoms with Crippen LogP contribution in [0.15, 0.2) is 29.2 Å². The Bertz CT molecular complexity index is 543. The zero-order valence-corrected chi connectivity index (χ0v) is 14.3. The van der Waals surface area contributed by atoms with E-state index in [1.807, 2.05) is 18.8 Å². The Kier molecular flexibility index (Phi) is 6.10. The highest BCUT2D eigenvalue weighted by atomic mass is 32.2. The summed E-state index contributed by atoms with van der Waals surface area (Å²) in [6, 6.07) is 8.58. The smallest absolute Gasteiger partial charge is 0.211 e. The van der Waals surface area contributed by atoms with Crippen LogP contribution in [-0.2, 0) is 16.6 Å². The van der Waals surface area contributed by atoms with E-state index in [2.05, 4.69) is 29.6 Å². The molecule has 0 amide bonds. The molecule has 0 radical (unpaired) electrons. The Labute approximate surface area is 132 Å². The molecule has 0 spiro atoms. The quantitative estimate of drug-likeness (QED) is 0.813. The van der Waals surface area contributed by atoms with E-state index in [9.17, 15) is 8.42 Å². The fourth-order valence-corrected chi connectivity index (χ4v) is 4.56. The van der Waals surface area contributed by atoms with Gasteiger partial charge in [-0.15, -0.1) is 11.8 Å². The minimum Gasteiger partial charge on any atom is -0.316 e. The number of benzene rings is 1. The van der Waals surface area contributed by atoms with Crippen LogP contribution in [0.25, 0.3) is 0 Å². The molecular formula is C15H24N2O2S2. The number of hydrogen-bond acceptors (Lipinski definition) is 4. The van der Waals surface area contributed by atoms with Gasteiger partial charge in [-0.25, -0.2) is 12.7 Å². The van der Waals surface area contributed by atoms with E-state index in [0.717, 1.165) is 25.1 Å². The average molecular weight is 329 g/mol. The van der Waals surface area contributed by atoms with Gasteiger partial charge >= 0.3 is 0 Å². The number of hydrogen-bond donors (Lipinski definition) is 1. The third kappa shape index (κ3) is 5.29. The molecule has 1 saturated heterocycles. The van der Waals surface area contributed by atoms with Crippen molar-refractivity contribution in [2.45, 2.75) is 24.3 Å². The van der Waals surface area contributed by atoms with Gasteiger partial charge in [0.15, 0.2) is 0 Å². The van der Waals surface area contributed by atoms with Crippen LogP contribution in [0.3, 0.4) is 0 Å². The van der Waals surface area contributed by atoms with Gasteiger partial charge in [-0.3, -0.25) is 0 Å². The van der Waals surface area contributed by atoms with E-state index >= 15 is 0 Å². The van der Waals surface area contributed by atoms with Crippen LogP contribution in [0.1, 0.15) is 18.4 Å². The van der Waals surface area contributed by atoms with Crippen molar-refractivity contribution in [2.75, 3.05) is 32.1 Å². The molecule has 1 fully saturated rings. The van der Waals surface area contributed by atoms with Crippen LogP contribution in [0.2, 0.25) is 0 Å². The number of nitrogens with one attached hydrogen (secondary N) is 1. The molecule has 1 aliphatic heterocycles. The second kappa shape index (κ2) is 7.63. The lowest BCUT2D eigenvalue weighted by Gasteiger charge is -2.30. The summed E-state index contributed by atoms with van der Waals surface area (Å²) in [7, 11) is -1.09. The number of sulfonamides is 1. The molecule has 1 aromatic carbocycles. The van der Waals surface area contributed by atoms with Gasteiger partial charge in [0.1, 0.15) is 0 Å². The van der Waals surface area contributed by atoms with Crippen molar-refractivity contribution in [3.05, 3.63) is 29.8 Å². The highest BCUT2D eigenvalue weighted by molar-refractivity contribution is 7.99. The van der Waals surface area contributed by atoms with Crippen LogP contribution in [0.4, 0.5) is 0 Å². The van der Waals surface area contributed by atoms with Crippen molar-refractivity contribution >= 4 is 21.8 Å². The predicted octanol–water partition coefficient (Wildman–Crippen LogP) is 2.17. The lowest BCUT2D eigenvalue weighted by Crippen LogP contribution is -2.39. The van der Waals surface area contributed by atoms with Crippen molar-refractivity contribution in [3.63, 3.8) is 0 Å². The summed E-state index contributed by atoms with van der Waals surface area (Å²) in [6.07, 6.45) is 3.40. The van der Waals surface area contributed by atoms with Crippen molar-refractivity contribution in [1.29, 1.82) is 0 Å². The van der Waals surface area contributed by atoms with Gasteiger partial charge in [-0.2, -0.15) is 0 Å². The standard InChI is InChI=1S/C15H24N2O2S2/c1-16-10-13-5-7-15(8-6-13)20-12-14-4-3-9-17(11-14)21(2,18)19/h5-8,14,16H,3-4,9-12H2,1-2H3. The van der Waals surface area contributed by atoms with E-state index in [1.165, 1.54) is 16.7 Å². The summed E-state index contributed by atoms with van der Waals surface area (Å²) in [4.78, 5) is 1.26. The first kappa shape index (κ1) is 16.8. The SMILES string of the molecule is CNCc1ccc(SCC2CCCN(S(C)(=O)=O)C2)cc1. The Hall–Kier alpha value is -0.560. The maximum Gasteiger partial charge on any atom is 0.211 e. The van der Waals surface area contributed by atoms with E-state index < -0.39 is 10.0 Å². The highest BCUT2D eigenvalue weighted by Gasteiger charge is 2.25. The molecule has 21 heavy (non-hydrogen) atoms. The molecule has 0 aromatic heterocycles. The molecule has 1 aliphatic rings. The van der Waals surface area contributed by atoms with Crippen molar-refractivity contribution in [2.24, 2.45) is 5.92 Å². The molecule has 2 rings (SSSR count). The lowest BCUT2D eigenvalue weighted by atomic mass is 10.0. The van der Waals surface area contributed by atoms with Crippen LogP contribution in [0, 0.1) is 5.92 Å². The average Bonchev–Trinajstić information content (AvgIpc) is 2.46. The molecule has 6 heteroatoms. The van der Waals surface area contributed by atoms with Crippen LogP contribution < -0.4 is 5.32 Å². The molecule has 0 bridgehead atoms. The Morgan fingerprint density at radius 1 is 1.33 bits per heavy atom. The summed E-state index contributed by atoms with van der Waals surface area (Å²) in [5, 5.41) is 3.14. The summed E-state index contributed by atoms with van der Waals surface area (Å²) in [5.74, 6) is 1.44. The van der Waals surface area contributed by atoms with Crippen molar-refractivity contribution in [3.8, 4) is 0 Å². The van der Waals surface area contributed by atoms with Gasteiger partial charge in [-0.1, -0.05) is 12.1 Å². The van der Waals surface area contributed by atoms with E-state index in [0.29, 0.717) is 19.0 Å². The van der Waals surface area contributed by atoms with Gasteiger partial charge in [0.2, 0.25) is 10.0 Å². The lowest BCUT2D eigenvalue weighted by molar-refractivity contribution is 0.286. The molecule has 0 saturated carbocycles. The number of piperidine rings is 1. The Balaban J connectivity index is 1.85. The number of thioether (sulfide) groups is 1. The van der Waals surface area contributed by atoms with Gasteiger partial charge in [0.25, 0.3) is 0 Å². The summed E-state index contributed by atoms with van der Waals surface area (Å²) in [5.41, 5.74) is 1.28. The highest BCUT2D eigenvalue weighted by Crippen LogP contribution is 2.26. The molecule has 118 valence electrons. The fraction of sp³-hybridized carbons (Fsp3) is 0.600. The molecule has 1 N–H and O–H groups in total. The minimum atomic E-state index is -3.04. The summed E-state index contributed by atoms with van der Waals surface area (Å²) >= 11 is 1.82. The monoisotopic (exact) mass is 328 g/mol. The van der Waals surface area contributed by atoms with Gasteiger partial charge in [0, 0.05) is 30.3 Å². The molecule has 0 aliphatic carbocycles. The Morgan fingerprint density at radius 3 is 2.67 bits per heavy atom. The third-order valence-corrected chi connectivity index (χ3v) is 6.25. The van der Waals surface area contributed by atoms with Crippen molar-refractivity contribution in [1.82, 2.24) is 9.62 Å². The van der Waals surface area contributed by atoms with Gasteiger partial charge in [0.05, 0.1) is 6.26 Å². The van der Waals surface area contributed by atoms with E-state index in [4.69, 9.17) is 0 Å². The Morgan fingerprint density at radius 2 is 2.05 bits per heavy atom. The number of nitrogens with zero attached hydrogens (tertiary/aromatic N) is 1. The third-order valence-electron chi connectivity index (χ3n) is 3.74. The molecule has 1 aromatic rings.